The van der Waals surface area contributed by atoms with Gasteiger partial charge in [0.25, 0.3) is 0 Å². The van der Waals surface area contributed by atoms with Gasteiger partial charge in [0.2, 0.25) is 5.91 Å². The first-order chi connectivity index (χ1) is 10.1. The standard InChI is InChI=1S/C15H20FNO4/c1-11-3-4-13(16)14(7-11)21-9-12-8-17(5-6-20-12)15(18)10-19-2/h3-4,7,12H,5-6,8-10H2,1-2H3. The number of carbonyl (C=O) groups is 1. The van der Waals surface area contributed by atoms with E-state index in [1.54, 1.807) is 17.0 Å². The summed E-state index contributed by atoms with van der Waals surface area (Å²) in [5.74, 6) is -0.268. The maximum Gasteiger partial charge on any atom is 0.248 e. The SMILES string of the molecule is COCC(=O)N1CCOC(COc2cc(C)ccc2F)C1. The minimum absolute atomic E-state index is 0.0556. The maximum atomic E-state index is 13.6. The van der Waals surface area contributed by atoms with Gasteiger partial charge < -0.3 is 19.1 Å². The molecule has 0 radical (unpaired) electrons. The Bertz CT molecular complexity index is 495. The third kappa shape index (κ3) is 4.41. The van der Waals surface area contributed by atoms with Crippen molar-refractivity contribution in [3.63, 3.8) is 0 Å². The molecule has 1 unspecified atom stereocenters. The van der Waals surface area contributed by atoms with Crippen LogP contribution in [0.2, 0.25) is 0 Å². The van der Waals surface area contributed by atoms with E-state index in [0.717, 1.165) is 5.56 Å². The highest BCUT2D eigenvalue weighted by molar-refractivity contribution is 5.77. The van der Waals surface area contributed by atoms with Crippen LogP contribution in [-0.2, 0) is 14.3 Å². The molecule has 6 heteroatoms. The zero-order valence-electron chi connectivity index (χ0n) is 12.3. The Balaban J connectivity index is 1.88. The average molecular weight is 297 g/mol. The lowest BCUT2D eigenvalue weighted by atomic mass is 10.2. The number of hydrogen-bond acceptors (Lipinski definition) is 4. The molecule has 116 valence electrons. The van der Waals surface area contributed by atoms with Crippen LogP contribution in [0.3, 0.4) is 0 Å². The van der Waals surface area contributed by atoms with E-state index in [4.69, 9.17) is 14.2 Å². The second-order valence-corrected chi connectivity index (χ2v) is 5.01. The molecule has 0 bridgehead atoms. The van der Waals surface area contributed by atoms with Gasteiger partial charge in [0.1, 0.15) is 19.3 Å². The molecule has 2 rings (SSSR count). The Hall–Kier alpha value is -1.66. The van der Waals surface area contributed by atoms with Crippen LogP contribution in [0, 0.1) is 12.7 Å². The van der Waals surface area contributed by atoms with E-state index in [9.17, 15) is 9.18 Å². The van der Waals surface area contributed by atoms with E-state index in [1.165, 1.54) is 13.2 Å². The third-order valence-electron chi connectivity index (χ3n) is 3.27. The number of methoxy groups -OCH3 is 1. The Morgan fingerprint density at radius 3 is 3.10 bits per heavy atom. The van der Waals surface area contributed by atoms with Crippen molar-refractivity contribution >= 4 is 5.91 Å². The molecule has 21 heavy (non-hydrogen) atoms. The molecular formula is C15H20FNO4. The van der Waals surface area contributed by atoms with Gasteiger partial charge in [-0.15, -0.1) is 0 Å². The average Bonchev–Trinajstić information content (AvgIpc) is 2.49. The van der Waals surface area contributed by atoms with Crippen molar-refractivity contribution in [1.29, 1.82) is 0 Å². The largest absolute Gasteiger partial charge is 0.488 e. The molecule has 1 aromatic rings. The van der Waals surface area contributed by atoms with Crippen LogP contribution in [-0.4, -0.2) is 56.9 Å². The number of carbonyl (C=O) groups excluding carboxylic acids is 1. The van der Waals surface area contributed by atoms with Crippen LogP contribution in [0.25, 0.3) is 0 Å². The van der Waals surface area contributed by atoms with Crippen LogP contribution in [0.15, 0.2) is 18.2 Å². The number of hydrogen-bond donors (Lipinski definition) is 0. The Kier molecular flexibility index (Phi) is 5.52. The zero-order chi connectivity index (χ0) is 15.2. The number of halogens is 1. The quantitative estimate of drug-likeness (QED) is 0.824. The Labute approximate surface area is 123 Å². The fraction of sp³-hybridized carbons (Fsp3) is 0.533. The van der Waals surface area contributed by atoms with E-state index in [0.29, 0.717) is 19.7 Å². The van der Waals surface area contributed by atoms with Crippen LogP contribution in [0.4, 0.5) is 4.39 Å². The van der Waals surface area contributed by atoms with Crippen LogP contribution in [0.5, 0.6) is 5.75 Å². The summed E-state index contributed by atoms with van der Waals surface area (Å²) >= 11 is 0. The maximum absolute atomic E-state index is 13.6. The molecule has 5 nitrogen and oxygen atoms in total. The van der Waals surface area contributed by atoms with Crippen molar-refractivity contribution in [2.45, 2.75) is 13.0 Å². The molecule has 0 aliphatic carbocycles. The van der Waals surface area contributed by atoms with Gasteiger partial charge in [0.05, 0.1) is 13.2 Å². The van der Waals surface area contributed by atoms with Crippen LogP contribution < -0.4 is 4.74 Å². The van der Waals surface area contributed by atoms with Gasteiger partial charge in [-0.3, -0.25) is 4.79 Å². The molecule has 1 amide bonds. The van der Waals surface area contributed by atoms with E-state index >= 15 is 0 Å². The van der Waals surface area contributed by atoms with Crippen LogP contribution in [0.1, 0.15) is 5.56 Å². The number of benzene rings is 1. The van der Waals surface area contributed by atoms with Crippen molar-refractivity contribution < 1.29 is 23.4 Å². The summed E-state index contributed by atoms with van der Waals surface area (Å²) in [6.07, 6.45) is -0.264. The summed E-state index contributed by atoms with van der Waals surface area (Å²) in [5.41, 5.74) is 0.924. The molecule has 1 saturated heterocycles. The molecule has 1 aliphatic rings. The molecule has 0 N–H and O–H groups in total. The van der Waals surface area contributed by atoms with E-state index in [-0.39, 0.29) is 31.0 Å². The lowest BCUT2D eigenvalue weighted by Gasteiger charge is -2.32. The number of amides is 1. The molecule has 0 aromatic heterocycles. The predicted octanol–water partition coefficient (Wildman–Crippen LogP) is 1.39. The summed E-state index contributed by atoms with van der Waals surface area (Å²) in [7, 11) is 1.49. The molecular weight excluding hydrogens is 277 g/mol. The molecule has 1 fully saturated rings. The van der Waals surface area contributed by atoms with Crippen molar-refractivity contribution in [1.82, 2.24) is 4.90 Å². The predicted molar refractivity (Wildman–Crippen MR) is 74.8 cm³/mol. The summed E-state index contributed by atoms with van der Waals surface area (Å²) in [5, 5.41) is 0. The Morgan fingerprint density at radius 2 is 2.33 bits per heavy atom. The summed E-state index contributed by atoms with van der Waals surface area (Å²) in [6.45, 7) is 3.54. The third-order valence-corrected chi connectivity index (χ3v) is 3.27. The minimum atomic E-state index is -0.399. The van der Waals surface area contributed by atoms with Crippen molar-refractivity contribution in [3.05, 3.63) is 29.6 Å². The van der Waals surface area contributed by atoms with E-state index < -0.39 is 5.82 Å². The fourth-order valence-electron chi connectivity index (χ4n) is 2.17. The molecule has 1 aromatic carbocycles. The summed E-state index contributed by atoms with van der Waals surface area (Å²) in [4.78, 5) is 13.4. The summed E-state index contributed by atoms with van der Waals surface area (Å²) in [6, 6.07) is 4.71. The number of nitrogens with zero attached hydrogens (tertiary/aromatic N) is 1. The normalized spacial score (nSPS) is 18.6. The number of ether oxygens (including phenoxy) is 3. The monoisotopic (exact) mass is 297 g/mol. The van der Waals surface area contributed by atoms with Gasteiger partial charge in [0, 0.05) is 13.7 Å². The Morgan fingerprint density at radius 1 is 1.52 bits per heavy atom. The second-order valence-electron chi connectivity index (χ2n) is 5.01. The second kappa shape index (κ2) is 7.38. The van der Waals surface area contributed by atoms with Gasteiger partial charge in [-0.25, -0.2) is 4.39 Å². The van der Waals surface area contributed by atoms with Gasteiger partial charge in [-0.1, -0.05) is 6.07 Å². The van der Waals surface area contributed by atoms with Crippen molar-refractivity contribution in [2.75, 3.05) is 40.0 Å². The summed E-state index contributed by atoms with van der Waals surface area (Å²) < 4.78 is 29.4. The first kappa shape index (κ1) is 15.7. The first-order valence-corrected chi connectivity index (χ1v) is 6.87. The van der Waals surface area contributed by atoms with Crippen molar-refractivity contribution in [2.24, 2.45) is 0 Å². The van der Waals surface area contributed by atoms with E-state index in [2.05, 4.69) is 0 Å². The highest BCUT2D eigenvalue weighted by Crippen LogP contribution is 2.19. The zero-order valence-corrected chi connectivity index (χ0v) is 12.3. The molecule has 0 saturated carbocycles. The highest BCUT2D eigenvalue weighted by atomic mass is 19.1. The van der Waals surface area contributed by atoms with Gasteiger partial charge in [-0.2, -0.15) is 0 Å². The van der Waals surface area contributed by atoms with Crippen LogP contribution >= 0.6 is 0 Å². The molecule has 1 aliphatic heterocycles. The smallest absolute Gasteiger partial charge is 0.248 e. The molecule has 0 spiro atoms. The van der Waals surface area contributed by atoms with Gasteiger partial charge in [-0.05, 0) is 24.6 Å². The fourth-order valence-corrected chi connectivity index (χ4v) is 2.17. The number of rotatable bonds is 5. The lowest BCUT2D eigenvalue weighted by molar-refractivity contribution is -0.143. The molecule has 1 heterocycles. The van der Waals surface area contributed by atoms with Gasteiger partial charge >= 0.3 is 0 Å². The minimum Gasteiger partial charge on any atom is -0.488 e. The topological polar surface area (TPSA) is 48.0 Å². The lowest BCUT2D eigenvalue weighted by Crippen LogP contribution is -2.48. The number of aryl methyl sites for hydroxylation is 1. The number of morpholine rings is 1. The highest BCUT2D eigenvalue weighted by Gasteiger charge is 2.24. The van der Waals surface area contributed by atoms with Crippen molar-refractivity contribution in [3.8, 4) is 5.75 Å². The molecule has 1 atom stereocenters. The van der Waals surface area contributed by atoms with Gasteiger partial charge in [0.15, 0.2) is 11.6 Å². The first-order valence-electron chi connectivity index (χ1n) is 6.87. The van der Waals surface area contributed by atoms with E-state index in [1.807, 2.05) is 6.92 Å².